The Bertz CT molecular complexity index is 1060. The Morgan fingerprint density at radius 3 is 2.61 bits per heavy atom. The zero-order chi connectivity index (χ0) is 20.3. The minimum Gasteiger partial charge on any atom is -0.291 e. The molecule has 0 saturated heterocycles. The molecule has 0 bridgehead atoms. The molecule has 0 amide bonds. The van der Waals surface area contributed by atoms with Crippen LogP contribution in [0, 0.1) is 6.92 Å². The van der Waals surface area contributed by atoms with Gasteiger partial charge in [-0.3, -0.25) is 9.36 Å². The Balaban J connectivity index is 1.89. The van der Waals surface area contributed by atoms with Gasteiger partial charge in [0.05, 0.1) is 5.69 Å². The van der Waals surface area contributed by atoms with Gasteiger partial charge in [0.1, 0.15) is 0 Å². The van der Waals surface area contributed by atoms with Gasteiger partial charge in [-0.05, 0) is 36.6 Å². The summed E-state index contributed by atoms with van der Waals surface area (Å²) in [6.07, 6.45) is 1.31. The molecular weight excluding hydrogens is 411 g/mol. The molecule has 1 heterocycles. The van der Waals surface area contributed by atoms with Gasteiger partial charge in [-0.15, -0.1) is 0 Å². The van der Waals surface area contributed by atoms with E-state index in [1.54, 1.807) is 17.7 Å². The first-order valence-corrected chi connectivity index (χ1v) is 10.8. The molecule has 0 saturated carbocycles. The molecule has 3 aromatic rings. The first-order chi connectivity index (χ1) is 13.4. The number of rotatable bonds is 6. The van der Waals surface area contributed by atoms with Crippen molar-refractivity contribution < 1.29 is 0 Å². The highest BCUT2D eigenvalue weighted by atomic mass is 35.5. The summed E-state index contributed by atoms with van der Waals surface area (Å²) in [5.41, 5.74) is 4.92. The van der Waals surface area contributed by atoms with Crippen LogP contribution in [0.25, 0.3) is 0 Å². The maximum Gasteiger partial charge on any atom is 0.257 e. The van der Waals surface area contributed by atoms with Crippen molar-refractivity contribution in [1.29, 1.82) is 0 Å². The lowest BCUT2D eigenvalue weighted by molar-refractivity contribution is 0.674. The highest BCUT2D eigenvalue weighted by molar-refractivity contribution is 7.98. The molecule has 0 radical (unpaired) electrons. The number of hydrogen-bond donors (Lipinski definition) is 0. The van der Waals surface area contributed by atoms with Crippen molar-refractivity contribution in [3.8, 4) is 0 Å². The van der Waals surface area contributed by atoms with Gasteiger partial charge < -0.3 is 0 Å². The number of halogens is 2. The van der Waals surface area contributed by atoms with Crippen molar-refractivity contribution >= 4 is 35.0 Å². The molecule has 0 N–H and O–H groups in total. The van der Waals surface area contributed by atoms with E-state index in [0.29, 0.717) is 33.8 Å². The summed E-state index contributed by atoms with van der Waals surface area (Å²) in [5.74, 6) is 0.622. The van der Waals surface area contributed by atoms with Crippen molar-refractivity contribution in [2.75, 3.05) is 0 Å². The third-order valence-electron chi connectivity index (χ3n) is 4.60. The van der Waals surface area contributed by atoms with Gasteiger partial charge in [-0.2, -0.15) is 0 Å². The van der Waals surface area contributed by atoms with Crippen LogP contribution in [0.1, 0.15) is 34.9 Å². The Morgan fingerprint density at radius 2 is 1.93 bits per heavy atom. The molecule has 0 atom stereocenters. The molecule has 3 rings (SSSR count). The lowest BCUT2D eigenvalue weighted by atomic mass is 10.0. The quantitative estimate of drug-likeness (QED) is 0.362. The lowest BCUT2D eigenvalue weighted by Gasteiger charge is -2.14. The van der Waals surface area contributed by atoms with Gasteiger partial charge in [-0.1, -0.05) is 77.8 Å². The van der Waals surface area contributed by atoms with Crippen LogP contribution in [-0.2, 0) is 25.6 Å². The summed E-state index contributed by atoms with van der Waals surface area (Å²) in [6, 6.07) is 13.7. The zero-order valence-electron chi connectivity index (χ0n) is 16.1. The van der Waals surface area contributed by atoms with E-state index >= 15 is 0 Å². The van der Waals surface area contributed by atoms with Crippen molar-refractivity contribution in [2.24, 2.45) is 7.05 Å². The fourth-order valence-electron chi connectivity index (χ4n) is 3.08. The van der Waals surface area contributed by atoms with Gasteiger partial charge in [0.2, 0.25) is 0 Å². The largest absolute Gasteiger partial charge is 0.291 e. The minimum atomic E-state index is 0.0121. The zero-order valence-corrected chi connectivity index (χ0v) is 18.5. The standard InChI is InChI=1S/C22H22Cl2N2OS/c1-4-20-18(11-15-7-5-6-14(2)10-15)21(27)26(3)22(25-20)28-13-16-8-9-17(23)12-19(16)24/h5-10,12H,4,11,13H2,1-3H3. The Labute approximate surface area is 179 Å². The third kappa shape index (κ3) is 4.80. The number of benzene rings is 2. The van der Waals surface area contributed by atoms with E-state index in [2.05, 4.69) is 25.1 Å². The molecule has 0 aliphatic carbocycles. The first-order valence-electron chi connectivity index (χ1n) is 9.10. The summed E-state index contributed by atoms with van der Waals surface area (Å²) in [6.45, 7) is 4.09. The summed E-state index contributed by atoms with van der Waals surface area (Å²) < 4.78 is 1.64. The van der Waals surface area contributed by atoms with Gasteiger partial charge >= 0.3 is 0 Å². The molecular formula is C22H22Cl2N2OS. The number of nitrogens with zero attached hydrogens (tertiary/aromatic N) is 2. The molecule has 2 aromatic carbocycles. The molecule has 6 heteroatoms. The average Bonchev–Trinajstić information content (AvgIpc) is 2.66. The van der Waals surface area contributed by atoms with E-state index in [1.165, 1.54) is 17.3 Å². The topological polar surface area (TPSA) is 34.9 Å². The summed E-state index contributed by atoms with van der Waals surface area (Å²) in [7, 11) is 1.78. The summed E-state index contributed by atoms with van der Waals surface area (Å²) >= 11 is 13.7. The molecule has 0 unspecified atom stereocenters. The Morgan fingerprint density at radius 1 is 1.14 bits per heavy atom. The van der Waals surface area contributed by atoms with Crippen LogP contribution in [0.5, 0.6) is 0 Å². The highest BCUT2D eigenvalue weighted by Gasteiger charge is 2.15. The van der Waals surface area contributed by atoms with Crippen LogP contribution in [-0.4, -0.2) is 9.55 Å². The SMILES string of the molecule is CCc1nc(SCc2ccc(Cl)cc2Cl)n(C)c(=O)c1Cc1cccc(C)c1. The van der Waals surface area contributed by atoms with E-state index in [0.717, 1.165) is 22.4 Å². The van der Waals surface area contributed by atoms with E-state index < -0.39 is 0 Å². The van der Waals surface area contributed by atoms with Crippen LogP contribution >= 0.6 is 35.0 Å². The van der Waals surface area contributed by atoms with E-state index in [9.17, 15) is 4.79 Å². The first kappa shape index (κ1) is 21.0. The van der Waals surface area contributed by atoms with Crippen molar-refractivity contribution in [2.45, 2.75) is 37.6 Å². The average molecular weight is 433 g/mol. The van der Waals surface area contributed by atoms with E-state index in [-0.39, 0.29) is 5.56 Å². The molecule has 3 nitrogen and oxygen atoms in total. The lowest BCUT2D eigenvalue weighted by Crippen LogP contribution is -2.26. The minimum absolute atomic E-state index is 0.0121. The predicted octanol–water partition coefficient (Wildman–Crippen LogP) is 5.84. The van der Waals surface area contributed by atoms with Crippen LogP contribution in [0.3, 0.4) is 0 Å². The van der Waals surface area contributed by atoms with Gasteiger partial charge in [0.25, 0.3) is 5.56 Å². The van der Waals surface area contributed by atoms with Crippen LogP contribution in [0.2, 0.25) is 10.0 Å². The summed E-state index contributed by atoms with van der Waals surface area (Å²) in [5, 5.41) is 1.93. The fraction of sp³-hybridized carbons (Fsp3) is 0.273. The molecule has 0 spiro atoms. The third-order valence-corrected chi connectivity index (χ3v) is 6.26. The molecule has 28 heavy (non-hydrogen) atoms. The van der Waals surface area contributed by atoms with Crippen LogP contribution in [0.4, 0.5) is 0 Å². The number of aryl methyl sites for hydroxylation is 2. The van der Waals surface area contributed by atoms with Gasteiger partial charge in [0.15, 0.2) is 5.16 Å². The van der Waals surface area contributed by atoms with Crippen molar-refractivity contribution in [1.82, 2.24) is 9.55 Å². The van der Waals surface area contributed by atoms with Gasteiger partial charge in [0, 0.05) is 34.8 Å². The number of thioether (sulfide) groups is 1. The van der Waals surface area contributed by atoms with E-state index in [4.69, 9.17) is 28.2 Å². The normalized spacial score (nSPS) is 11.0. The molecule has 1 aromatic heterocycles. The maximum atomic E-state index is 13.0. The van der Waals surface area contributed by atoms with E-state index in [1.807, 2.05) is 25.1 Å². The van der Waals surface area contributed by atoms with Crippen LogP contribution < -0.4 is 5.56 Å². The van der Waals surface area contributed by atoms with Crippen molar-refractivity contribution in [3.05, 3.63) is 90.8 Å². The predicted molar refractivity (Wildman–Crippen MR) is 119 cm³/mol. The highest BCUT2D eigenvalue weighted by Crippen LogP contribution is 2.28. The second-order valence-electron chi connectivity index (χ2n) is 6.73. The Hall–Kier alpha value is -1.75. The second kappa shape index (κ2) is 9.17. The maximum absolute atomic E-state index is 13.0. The van der Waals surface area contributed by atoms with Gasteiger partial charge in [-0.25, -0.2) is 4.98 Å². The smallest absolute Gasteiger partial charge is 0.257 e. The van der Waals surface area contributed by atoms with Crippen molar-refractivity contribution in [3.63, 3.8) is 0 Å². The number of hydrogen-bond acceptors (Lipinski definition) is 3. The Kier molecular flexibility index (Phi) is 6.86. The molecule has 0 aliphatic heterocycles. The van der Waals surface area contributed by atoms with Crippen LogP contribution in [0.15, 0.2) is 52.4 Å². The second-order valence-corrected chi connectivity index (χ2v) is 8.51. The molecule has 0 aliphatic rings. The summed E-state index contributed by atoms with van der Waals surface area (Å²) in [4.78, 5) is 17.8. The fourth-order valence-corrected chi connectivity index (χ4v) is 4.62. The monoisotopic (exact) mass is 432 g/mol. The molecule has 146 valence electrons. The number of aromatic nitrogens is 2. The molecule has 0 fully saturated rings.